The Labute approximate surface area is 107 Å². The molecule has 0 aromatic carbocycles. The van der Waals surface area contributed by atoms with Crippen LogP contribution in [-0.4, -0.2) is 24.3 Å². The second-order valence-electron chi connectivity index (χ2n) is 6.00. The van der Waals surface area contributed by atoms with Crippen LogP contribution in [0.25, 0.3) is 0 Å². The molecular formula is C15H29NO. The van der Waals surface area contributed by atoms with Crippen molar-refractivity contribution in [1.82, 2.24) is 5.32 Å². The maximum absolute atomic E-state index is 6.44. The maximum atomic E-state index is 6.44. The van der Waals surface area contributed by atoms with Crippen molar-refractivity contribution in [3.8, 4) is 0 Å². The highest BCUT2D eigenvalue weighted by molar-refractivity contribution is 4.95. The monoisotopic (exact) mass is 239 g/mol. The summed E-state index contributed by atoms with van der Waals surface area (Å²) in [5, 5.41) is 3.78. The molecule has 3 atom stereocenters. The summed E-state index contributed by atoms with van der Waals surface area (Å²) < 4.78 is 6.44. The number of ether oxygens (including phenoxy) is 1. The highest BCUT2D eigenvalue weighted by Gasteiger charge is 2.41. The van der Waals surface area contributed by atoms with Crippen LogP contribution < -0.4 is 5.32 Å². The molecule has 1 saturated heterocycles. The van der Waals surface area contributed by atoms with Gasteiger partial charge >= 0.3 is 0 Å². The van der Waals surface area contributed by atoms with E-state index in [0.717, 1.165) is 25.3 Å². The van der Waals surface area contributed by atoms with E-state index in [0.29, 0.717) is 12.1 Å². The lowest BCUT2D eigenvalue weighted by molar-refractivity contribution is -0.153. The summed E-state index contributed by atoms with van der Waals surface area (Å²) in [4.78, 5) is 0. The molecule has 3 unspecified atom stereocenters. The average Bonchev–Trinajstić information content (AvgIpc) is 2.38. The minimum absolute atomic E-state index is 0.124. The summed E-state index contributed by atoms with van der Waals surface area (Å²) in [5.74, 6) is 0.938. The van der Waals surface area contributed by atoms with Crippen molar-refractivity contribution in [3.63, 3.8) is 0 Å². The Kier molecular flexibility index (Phi) is 4.48. The van der Waals surface area contributed by atoms with Crippen LogP contribution in [0.1, 0.15) is 65.7 Å². The molecule has 1 aliphatic carbocycles. The predicted octanol–water partition coefficient (Wildman–Crippen LogP) is 3.50. The van der Waals surface area contributed by atoms with Crippen molar-refractivity contribution in [1.29, 1.82) is 0 Å². The van der Waals surface area contributed by atoms with Crippen LogP contribution in [0, 0.1) is 5.92 Å². The van der Waals surface area contributed by atoms with Crippen LogP contribution >= 0.6 is 0 Å². The van der Waals surface area contributed by atoms with Gasteiger partial charge in [0.05, 0.1) is 11.7 Å². The van der Waals surface area contributed by atoms with Gasteiger partial charge in [-0.3, -0.25) is 0 Å². The molecule has 1 saturated carbocycles. The van der Waals surface area contributed by atoms with Crippen molar-refractivity contribution in [2.75, 3.05) is 6.54 Å². The zero-order chi connectivity index (χ0) is 12.3. The van der Waals surface area contributed by atoms with Gasteiger partial charge in [0.1, 0.15) is 0 Å². The third-order valence-corrected chi connectivity index (χ3v) is 4.97. The third-order valence-electron chi connectivity index (χ3n) is 4.97. The van der Waals surface area contributed by atoms with Crippen molar-refractivity contribution in [2.45, 2.75) is 83.5 Å². The summed E-state index contributed by atoms with van der Waals surface area (Å²) in [7, 11) is 0. The molecule has 1 heterocycles. The van der Waals surface area contributed by atoms with E-state index in [-0.39, 0.29) is 5.60 Å². The van der Waals surface area contributed by atoms with Crippen LogP contribution in [0.2, 0.25) is 0 Å². The first-order chi connectivity index (χ1) is 8.23. The molecule has 2 fully saturated rings. The molecule has 0 aromatic rings. The van der Waals surface area contributed by atoms with Gasteiger partial charge in [-0.15, -0.1) is 0 Å². The minimum Gasteiger partial charge on any atom is -0.369 e. The second-order valence-corrected chi connectivity index (χ2v) is 6.00. The zero-order valence-corrected chi connectivity index (χ0v) is 11.8. The summed E-state index contributed by atoms with van der Waals surface area (Å²) in [6.07, 6.45) is 9.47. The quantitative estimate of drug-likeness (QED) is 0.810. The highest BCUT2D eigenvalue weighted by Crippen LogP contribution is 2.36. The lowest BCUT2D eigenvalue weighted by Crippen LogP contribution is -2.60. The molecule has 0 radical (unpaired) electrons. The Morgan fingerprint density at radius 1 is 1.18 bits per heavy atom. The topological polar surface area (TPSA) is 21.3 Å². The lowest BCUT2D eigenvalue weighted by atomic mass is 9.79. The Hall–Kier alpha value is -0.0800. The second kappa shape index (κ2) is 5.71. The molecule has 17 heavy (non-hydrogen) atoms. The van der Waals surface area contributed by atoms with Gasteiger partial charge in [-0.05, 0) is 38.0 Å². The van der Waals surface area contributed by atoms with Gasteiger partial charge in [-0.2, -0.15) is 0 Å². The number of fused-ring (bicyclic) bond motifs is 1. The van der Waals surface area contributed by atoms with Gasteiger partial charge in [0.25, 0.3) is 0 Å². The van der Waals surface area contributed by atoms with Crippen LogP contribution in [0.3, 0.4) is 0 Å². The number of nitrogens with one attached hydrogen (secondary N) is 1. The molecule has 0 aromatic heterocycles. The van der Waals surface area contributed by atoms with Gasteiger partial charge in [-0.25, -0.2) is 0 Å². The normalized spacial score (nSPS) is 36.5. The van der Waals surface area contributed by atoms with E-state index in [1.807, 2.05) is 0 Å². The predicted molar refractivity (Wildman–Crippen MR) is 72.2 cm³/mol. The van der Waals surface area contributed by atoms with E-state index in [1.165, 1.54) is 32.1 Å². The minimum atomic E-state index is 0.124. The van der Waals surface area contributed by atoms with Crippen LogP contribution in [0.5, 0.6) is 0 Å². The largest absolute Gasteiger partial charge is 0.369 e. The van der Waals surface area contributed by atoms with E-state index >= 15 is 0 Å². The van der Waals surface area contributed by atoms with E-state index in [2.05, 4.69) is 26.1 Å². The summed E-state index contributed by atoms with van der Waals surface area (Å²) in [6.45, 7) is 7.87. The molecule has 2 rings (SSSR count). The van der Waals surface area contributed by atoms with E-state index in [1.54, 1.807) is 0 Å². The molecule has 100 valence electrons. The number of hydrogen-bond donors (Lipinski definition) is 1. The van der Waals surface area contributed by atoms with E-state index < -0.39 is 0 Å². The van der Waals surface area contributed by atoms with Crippen molar-refractivity contribution in [3.05, 3.63) is 0 Å². The fourth-order valence-corrected chi connectivity index (χ4v) is 3.60. The van der Waals surface area contributed by atoms with Gasteiger partial charge in [0.2, 0.25) is 0 Å². The maximum Gasteiger partial charge on any atom is 0.0805 e. The van der Waals surface area contributed by atoms with Crippen molar-refractivity contribution < 1.29 is 4.74 Å². The molecule has 2 aliphatic rings. The zero-order valence-electron chi connectivity index (χ0n) is 11.8. The molecule has 1 aliphatic heterocycles. The third kappa shape index (κ3) is 2.85. The summed E-state index contributed by atoms with van der Waals surface area (Å²) in [5.41, 5.74) is 0.124. The van der Waals surface area contributed by atoms with Crippen LogP contribution in [-0.2, 0) is 4.74 Å². The molecule has 0 amide bonds. The van der Waals surface area contributed by atoms with Gasteiger partial charge < -0.3 is 10.1 Å². The standard InChI is InChI=1S/C15H29NO/c1-4-7-12-8-9-14-13(10-12)16-11-15(5-2,6-3)17-14/h12-14,16H,4-11H2,1-3H3. The molecular weight excluding hydrogens is 210 g/mol. The number of morpholine rings is 1. The smallest absolute Gasteiger partial charge is 0.0805 e. The summed E-state index contributed by atoms with van der Waals surface area (Å²) in [6, 6.07) is 0.631. The first-order valence-corrected chi connectivity index (χ1v) is 7.64. The Balaban J connectivity index is 1.92. The lowest BCUT2D eigenvalue weighted by Gasteiger charge is -2.48. The molecule has 0 spiro atoms. The van der Waals surface area contributed by atoms with Gasteiger partial charge in [0, 0.05) is 12.6 Å². The average molecular weight is 239 g/mol. The summed E-state index contributed by atoms with van der Waals surface area (Å²) >= 11 is 0. The van der Waals surface area contributed by atoms with Crippen molar-refractivity contribution in [2.24, 2.45) is 5.92 Å². The highest BCUT2D eigenvalue weighted by atomic mass is 16.5. The van der Waals surface area contributed by atoms with Crippen LogP contribution in [0.15, 0.2) is 0 Å². The number of rotatable bonds is 4. The molecule has 1 N–H and O–H groups in total. The fraction of sp³-hybridized carbons (Fsp3) is 1.00. The van der Waals surface area contributed by atoms with Gasteiger partial charge in [-0.1, -0.05) is 33.6 Å². The number of hydrogen-bond acceptors (Lipinski definition) is 2. The van der Waals surface area contributed by atoms with Crippen molar-refractivity contribution >= 4 is 0 Å². The fourth-order valence-electron chi connectivity index (χ4n) is 3.60. The molecule has 0 bridgehead atoms. The van der Waals surface area contributed by atoms with Gasteiger partial charge in [0.15, 0.2) is 0 Å². The SMILES string of the molecule is CCCC1CCC2OC(CC)(CC)CNC2C1. The van der Waals surface area contributed by atoms with E-state index in [9.17, 15) is 0 Å². The van der Waals surface area contributed by atoms with Crippen LogP contribution in [0.4, 0.5) is 0 Å². The Morgan fingerprint density at radius 2 is 1.94 bits per heavy atom. The van der Waals surface area contributed by atoms with E-state index in [4.69, 9.17) is 4.74 Å². The molecule has 2 nitrogen and oxygen atoms in total. The first kappa shape index (κ1) is 13.4. The first-order valence-electron chi connectivity index (χ1n) is 7.64. The Bertz CT molecular complexity index is 237. The Morgan fingerprint density at radius 3 is 2.59 bits per heavy atom. The molecule has 2 heteroatoms.